The minimum Gasteiger partial charge on any atom is -0.461 e. The Kier molecular flexibility index (Phi) is 8.81. The molecule has 1 atom stereocenters. The van der Waals surface area contributed by atoms with E-state index in [1.54, 1.807) is 26.8 Å². The molecule has 0 aliphatic rings. The number of ether oxygens (including phenoxy) is 2. The van der Waals surface area contributed by atoms with Crippen molar-refractivity contribution in [3.05, 3.63) is 65.2 Å². The number of esters is 1. The lowest BCUT2D eigenvalue weighted by Gasteiger charge is -2.23. The van der Waals surface area contributed by atoms with Crippen molar-refractivity contribution >= 4 is 23.7 Å². The highest BCUT2D eigenvalue weighted by Gasteiger charge is 2.25. The predicted octanol–water partition coefficient (Wildman–Crippen LogP) is 4.66. The summed E-state index contributed by atoms with van der Waals surface area (Å²) in [5.41, 5.74) is 2.90. The number of hydrogen-bond donors (Lipinski definition) is 2. The van der Waals surface area contributed by atoms with Gasteiger partial charge in [-0.1, -0.05) is 36.4 Å². The van der Waals surface area contributed by atoms with Gasteiger partial charge in [-0.3, -0.25) is 9.59 Å². The molecule has 1 unspecified atom stereocenters. The second-order valence-corrected chi connectivity index (χ2v) is 8.67. The van der Waals surface area contributed by atoms with Crippen molar-refractivity contribution in [1.82, 2.24) is 5.32 Å². The van der Waals surface area contributed by atoms with Crippen LogP contribution < -0.4 is 10.6 Å². The van der Waals surface area contributed by atoms with Gasteiger partial charge >= 0.3 is 12.1 Å². The molecule has 0 saturated heterocycles. The SMILES string of the molecule is Cc1ccc(NC(=O)C(CCC(=O)OCc2ccccc2)NC(=O)OC(C)(C)C)cc1C. The molecule has 2 aromatic carbocycles. The van der Waals surface area contributed by atoms with Crippen LogP contribution in [0.5, 0.6) is 0 Å². The van der Waals surface area contributed by atoms with Crippen molar-refractivity contribution in [1.29, 1.82) is 0 Å². The van der Waals surface area contributed by atoms with E-state index in [-0.39, 0.29) is 19.4 Å². The molecule has 2 N–H and O–H groups in total. The van der Waals surface area contributed by atoms with Crippen LogP contribution >= 0.6 is 0 Å². The maximum atomic E-state index is 12.9. The Balaban J connectivity index is 2.00. The first-order valence-corrected chi connectivity index (χ1v) is 10.6. The van der Waals surface area contributed by atoms with Crippen LogP contribution in [0.25, 0.3) is 0 Å². The fourth-order valence-electron chi connectivity index (χ4n) is 2.84. The molecule has 7 heteroatoms. The summed E-state index contributed by atoms with van der Waals surface area (Å²) < 4.78 is 10.5. The normalized spacial score (nSPS) is 11.9. The lowest BCUT2D eigenvalue weighted by atomic mass is 10.1. The van der Waals surface area contributed by atoms with E-state index in [0.717, 1.165) is 16.7 Å². The molecular formula is C25H32N2O5. The zero-order chi connectivity index (χ0) is 23.7. The van der Waals surface area contributed by atoms with Crippen LogP contribution in [-0.2, 0) is 25.7 Å². The first-order valence-electron chi connectivity index (χ1n) is 10.6. The zero-order valence-electron chi connectivity index (χ0n) is 19.4. The van der Waals surface area contributed by atoms with Crippen LogP contribution in [0.1, 0.15) is 50.3 Å². The molecule has 0 fully saturated rings. The summed E-state index contributed by atoms with van der Waals surface area (Å²) in [5, 5.41) is 5.37. The van der Waals surface area contributed by atoms with E-state index < -0.39 is 29.6 Å². The third kappa shape index (κ3) is 8.79. The number of amides is 2. The Morgan fingerprint density at radius 3 is 2.28 bits per heavy atom. The Morgan fingerprint density at radius 1 is 0.969 bits per heavy atom. The smallest absolute Gasteiger partial charge is 0.408 e. The van der Waals surface area contributed by atoms with Crippen molar-refractivity contribution in [3.63, 3.8) is 0 Å². The quantitative estimate of drug-likeness (QED) is 0.583. The fraction of sp³-hybridized carbons (Fsp3) is 0.400. The summed E-state index contributed by atoms with van der Waals surface area (Å²) >= 11 is 0. The van der Waals surface area contributed by atoms with Gasteiger partial charge in [-0.25, -0.2) is 4.79 Å². The van der Waals surface area contributed by atoms with Crippen LogP contribution in [-0.4, -0.2) is 29.6 Å². The standard InChI is InChI=1S/C25H32N2O5/c1-17-11-12-20(15-18(17)2)26-23(29)21(27-24(30)32-25(3,4)5)13-14-22(28)31-16-19-9-7-6-8-10-19/h6-12,15,21H,13-14,16H2,1-5H3,(H,26,29)(H,27,30). The van der Waals surface area contributed by atoms with Gasteiger partial charge in [-0.15, -0.1) is 0 Å². The molecule has 32 heavy (non-hydrogen) atoms. The second kappa shape index (κ2) is 11.3. The molecule has 0 spiro atoms. The molecule has 0 radical (unpaired) electrons. The van der Waals surface area contributed by atoms with E-state index >= 15 is 0 Å². The monoisotopic (exact) mass is 440 g/mol. The Labute approximate surface area is 189 Å². The number of carbonyl (C=O) groups excluding carboxylic acids is 3. The molecule has 0 saturated carbocycles. The fourth-order valence-corrected chi connectivity index (χ4v) is 2.84. The topological polar surface area (TPSA) is 93.7 Å². The highest BCUT2D eigenvalue weighted by Crippen LogP contribution is 2.15. The summed E-state index contributed by atoms with van der Waals surface area (Å²) in [4.78, 5) is 37.3. The lowest BCUT2D eigenvalue weighted by Crippen LogP contribution is -2.46. The van der Waals surface area contributed by atoms with Crippen molar-refractivity contribution in [3.8, 4) is 0 Å². The highest BCUT2D eigenvalue weighted by molar-refractivity contribution is 5.96. The van der Waals surface area contributed by atoms with Crippen LogP contribution in [0, 0.1) is 13.8 Å². The van der Waals surface area contributed by atoms with Gasteiger partial charge in [0, 0.05) is 12.1 Å². The third-order valence-corrected chi connectivity index (χ3v) is 4.66. The van der Waals surface area contributed by atoms with Crippen molar-refractivity contribution in [2.75, 3.05) is 5.32 Å². The largest absolute Gasteiger partial charge is 0.461 e. The van der Waals surface area contributed by atoms with Crippen molar-refractivity contribution < 1.29 is 23.9 Å². The van der Waals surface area contributed by atoms with Gasteiger partial charge in [0.25, 0.3) is 0 Å². The first-order chi connectivity index (χ1) is 15.0. The maximum absolute atomic E-state index is 12.9. The second-order valence-electron chi connectivity index (χ2n) is 8.67. The molecule has 172 valence electrons. The molecule has 2 amide bonds. The van der Waals surface area contributed by atoms with E-state index in [4.69, 9.17) is 9.47 Å². The van der Waals surface area contributed by atoms with Gasteiger partial charge in [0.2, 0.25) is 5.91 Å². The van der Waals surface area contributed by atoms with Crippen molar-refractivity contribution in [2.24, 2.45) is 0 Å². The Bertz CT molecular complexity index is 935. The van der Waals surface area contributed by atoms with Gasteiger partial charge in [0.1, 0.15) is 18.2 Å². The number of rotatable bonds is 8. The Hall–Kier alpha value is -3.35. The third-order valence-electron chi connectivity index (χ3n) is 4.66. The number of alkyl carbamates (subject to hydrolysis) is 1. The minimum atomic E-state index is -0.962. The molecule has 0 aliphatic heterocycles. The van der Waals surface area contributed by atoms with E-state index in [1.807, 2.05) is 56.3 Å². The molecule has 2 rings (SSSR count). The average Bonchev–Trinajstić information content (AvgIpc) is 2.71. The summed E-state index contributed by atoms with van der Waals surface area (Å²) in [5.74, 6) is -0.890. The number of nitrogens with one attached hydrogen (secondary N) is 2. The maximum Gasteiger partial charge on any atom is 0.408 e. The number of hydrogen-bond acceptors (Lipinski definition) is 5. The summed E-state index contributed by atoms with van der Waals surface area (Å²) in [6.45, 7) is 9.28. The van der Waals surface area contributed by atoms with Gasteiger partial charge in [0.05, 0.1) is 0 Å². The molecule has 0 bridgehead atoms. The van der Waals surface area contributed by atoms with Crippen LogP contribution in [0.15, 0.2) is 48.5 Å². The van der Waals surface area contributed by atoms with Crippen molar-refractivity contribution in [2.45, 2.75) is 65.7 Å². The van der Waals surface area contributed by atoms with Crippen LogP contribution in [0.3, 0.4) is 0 Å². The molecular weight excluding hydrogens is 408 g/mol. The van der Waals surface area contributed by atoms with Crippen LogP contribution in [0.2, 0.25) is 0 Å². The molecule has 2 aromatic rings. The number of carbonyl (C=O) groups is 3. The lowest BCUT2D eigenvalue weighted by molar-refractivity contribution is -0.145. The van der Waals surface area contributed by atoms with E-state index in [0.29, 0.717) is 5.69 Å². The number of benzene rings is 2. The molecule has 0 heterocycles. The molecule has 0 aromatic heterocycles. The van der Waals surface area contributed by atoms with Gasteiger partial charge in [0.15, 0.2) is 0 Å². The summed E-state index contributed by atoms with van der Waals surface area (Å²) in [6.07, 6.45) is -0.688. The van der Waals surface area contributed by atoms with Gasteiger partial charge in [-0.05, 0) is 69.9 Å². The number of anilines is 1. The predicted molar refractivity (Wildman–Crippen MR) is 123 cm³/mol. The minimum absolute atomic E-state index is 0.0341. The van der Waals surface area contributed by atoms with E-state index in [2.05, 4.69) is 10.6 Å². The first kappa shape index (κ1) is 24.9. The molecule has 0 aliphatic carbocycles. The summed E-state index contributed by atoms with van der Waals surface area (Å²) in [6, 6.07) is 13.9. The van der Waals surface area contributed by atoms with Gasteiger partial charge in [-0.2, -0.15) is 0 Å². The molecule has 7 nitrogen and oxygen atoms in total. The average molecular weight is 441 g/mol. The summed E-state index contributed by atoms with van der Waals surface area (Å²) in [7, 11) is 0. The number of aryl methyl sites for hydroxylation is 2. The highest BCUT2D eigenvalue weighted by atomic mass is 16.6. The van der Waals surface area contributed by atoms with E-state index in [9.17, 15) is 14.4 Å². The van der Waals surface area contributed by atoms with E-state index in [1.165, 1.54) is 0 Å². The zero-order valence-corrected chi connectivity index (χ0v) is 19.4. The Morgan fingerprint density at radius 2 is 1.66 bits per heavy atom. The van der Waals surface area contributed by atoms with Crippen LogP contribution in [0.4, 0.5) is 10.5 Å². The van der Waals surface area contributed by atoms with Gasteiger partial charge < -0.3 is 20.1 Å².